The van der Waals surface area contributed by atoms with Crippen LogP contribution in [0.4, 0.5) is 0 Å². The Morgan fingerprint density at radius 1 is 1.12 bits per heavy atom. The van der Waals surface area contributed by atoms with E-state index in [9.17, 15) is 4.79 Å². The normalized spacial score (nSPS) is 23.7. The summed E-state index contributed by atoms with van der Waals surface area (Å²) in [6.45, 7) is 4.46. The van der Waals surface area contributed by atoms with Crippen LogP contribution in [0.15, 0.2) is 54.6 Å². The minimum Gasteiger partial charge on any atom is -0.348 e. The van der Waals surface area contributed by atoms with Gasteiger partial charge in [-0.2, -0.15) is 0 Å². The zero-order valence-corrected chi connectivity index (χ0v) is 14.1. The Bertz CT molecular complexity index is 669. The number of carbonyl (C=O) groups is 1. The molecule has 0 saturated carbocycles. The third kappa shape index (κ3) is 4.22. The summed E-state index contributed by atoms with van der Waals surface area (Å²) in [6.07, 6.45) is -0.113. The molecule has 4 nitrogen and oxygen atoms in total. The molecule has 1 fully saturated rings. The van der Waals surface area contributed by atoms with Crippen molar-refractivity contribution in [2.45, 2.75) is 38.7 Å². The molecule has 24 heavy (non-hydrogen) atoms. The summed E-state index contributed by atoms with van der Waals surface area (Å²) in [5.41, 5.74) is 3.20. The van der Waals surface area contributed by atoms with Gasteiger partial charge in [0, 0.05) is 5.56 Å². The molecule has 0 spiro atoms. The maximum atomic E-state index is 12.2. The zero-order valence-electron chi connectivity index (χ0n) is 14.1. The predicted octanol–water partition coefficient (Wildman–Crippen LogP) is 3.16. The fourth-order valence-electron chi connectivity index (χ4n) is 2.75. The quantitative estimate of drug-likeness (QED) is 0.939. The van der Waals surface area contributed by atoms with Gasteiger partial charge in [0.2, 0.25) is 5.91 Å². The Kier molecular flexibility index (Phi) is 5.28. The highest BCUT2D eigenvalue weighted by atomic mass is 16.7. The average molecular weight is 325 g/mol. The SMILES string of the molecule is Cc1ccc([C@@H]2OC[C@@H](NC(=O)Cc3ccccc3)[C@@H](C)O2)cc1. The molecule has 1 saturated heterocycles. The Hall–Kier alpha value is -2.17. The van der Waals surface area contributed by atoms with Gasteiger partial charge in [0.1, 0.15) is 0 Å². The predicted molar refractivity (Wildman–Crippen MR) is 92.5 cm³/mol. The molecule has 0 aromatic heterocycles. The minimum absolute atomic E-state index is 0.0148. The lowest BCUT2D eigenvalue weighted by molar-refractivity contribution is -0.224. The van der Waals surface area contributed by atoms with E-state index in [2.05, 4.69) is 5.32 Å². The van der Waals surface area contributed by atoms with E-state index in [0.29, 0.717) is 13.0 Å². The number of nitrogens with one attached hydrogen (secondary N) is 1. The summed E-state index contributed by atoms with van der Waals surface area (Å²) in [7, 11) is 0. The van der Waals surface area contributed by atoms with Crippen LogP contribution in [0.3, 0.4) is 0 Å². The molecular formula is C20H23NO3. The van der Waals surface area contributed by atoms with Gasteiger partial charge in [-0.1, -0.05) is 60.2 Å². The van der Waals surface area contributed by atoms with Crippen molar-refractivity contribution in [1.29, 1.82) is 0 Å². The van der Waals surface area contributed by atoms with Crippen molar-refractivity contribution in [3.05, 3.63) is 71.3 Å². The van der Waals surface area contributed by atoms with E-state index in [1.165, 1.54) is 5.56 Å². The summed E-state index contributed by atoms with van der Waals surface area (Å²) >= 11 is 0. The molecular weight excluding hydrogens is 302 g/mol. The van der Waals surface area contributed by atoms with Crippen LogP contribution in [-0.2, 0) is 20.7 Å². The first-order valence-electron chi connectivity index (χ1n) is 8.29. The number of hydrogen-bond donors (Lipinski definition) is 1. The van der Waals surface area contributed by atoms with E-state index in [0.717, 1.165) is 11.1 Å². The molecule has 1 aliphatic heterocycles. The molecule has 2 aromatic rings. The highest BCUT2D eigenvalue weighted by Gasteiger charge is 2.30. The van der Waals surface area contributed by atoms with Gasteiger partial charge in [-0.15, -0.1) is 0 Å². The second-order valence-electron chi connectivity index (χ2n) is 6.25. The third-order valence-electron chi connectivity index (χ3n) is 4.24. The molecule has 1 aliphatic rings. The van der Waals surface area contributed by atoms with Crippen LogP contribution in [0.1, 0.15) is 29.9 Å². The number of rotatable bonds is 4. The van der Waals surface area contributed by atoms with E-state index in [1.807, 2.05) is 68.4 Å². The highest BCUT2D eigenvalue weighted by molar-refractivity contribution is 5.78. The van der Waals surface area contributed by atoms with Gasteiger partial charge in [0.25, 0.3) is 0 Å². The maximum absolute atomic E-state index is 12.2. The smallest absolute Gasteiger partial charge is 0.224 e. The number of ether oxygens (including phenoxy) is 2. The van der Waals surface area contributed by atoms with Gasteiger partial charge in [0.05, 0.1) is 25.2 Å². The van der Waals surface area contributed by atoms with Gasteiger partial charge in [-0.25, -0.2) is 0 Å². The van der Waals surface area contributed by atoms with Gasteiger partial charge in [-0.05, 0) is 19.4 Å². The van der Waals surface area contributed by atoms with Gasteiger partial charge in [0.15, 0.2) is 6.29 Å². The Morgan fingerprint density at radius 2 is 1.83 bits per heavy atom. The standard InChI is InChI=1S/C20H23NO3/c1-14-8-10-17(11-9-14)20-23-13-18(15(2)24-20)21-19(22)12-16-6-4-3-5-7-16/h3-11,15,18,20H,12-13H2,1-2H3,(H,21,22)/t15-,18-,20-/m1/s1. The maximum Gasteiger partial charge on any atom is 0.224 e. The molecule has 1 amide bonds. The second-order valence-corrected chi connectivity index (χ2v) is 6.25. The van der Waals surface area contributed by atoms with E-state index < -0.39 is 0 Å². The van der Waals surface area contributed by atoms with Gasteiger partial charge < -0.3 is 14.8 Å². The van der Waals surface area contributed by atoms with Crippen LogP contribution in [0.5, 0.6) is 0 Å². The molecule has 126 valence electrons. The van der Waals surface area contributed by atoms with E-state index in [-0.39, 0.29) is 24.3 Å². The van der Waals surface area contributed by atoms with Crippen LogP contribution >= 0.6 is 0 Å². The van der Waals surface area contributed by atoms with Gasteiger partial charge in [-0.3, -0.25) is 4.79 Å². The number of hydrogen-bond acceptors (Lipinski definition) is 3. The minimum atomic E-state index is -0.372. The summed E-state index contributed by atoms with van der Waals surface area (Å²) in [4.78, 5) is 12.2. The number of benzene rings is 2. The molecule has 3 rings (SSSR count). The molecule has 0 radical (unpaired) electrons. The molecule has 1 heterocycles. The summed E-state index contributed by atoms with van der Waals surface area (Å²) < 4.78 is 11.7. The molecule has 0 unspecified atom stereocenters. The van der Waals surface area contributed by atoms with Crippen molar-refractivity contribution >= 4 is 5.91 Å². The summed E-state index contributed by atoms with van der Waals surface area (Å²) in [5.74, 6) is -0.0148. The van der Waals surface area contributed by atoms with Gasteiger partial charge >= 0.3 is 0 Å². The first-order chi connectivity index (χ1) is 11.6. The lowest BCUT2D eigenvalue weighted by Crippen LogP contribution is -2.50. The molecule has 0 aliphatic carbocycles. The lowest BCUT2D eigenvalue weighted by Gasteiger charge is -2.35. The lowest BCUT2D eigenvalue weighted by atomic mass is 10.1. The number of aryl methyl sites for hydroxylation is 1. The van der Waals surface area contributed by atoms with Crippen LogP contribution in [0, 0.1) is 6.92 Å². The zero-order chi connectivity index (χ0) is 16.9. The highest BCUT2D eigenvalue weighted by Crippen LogP contribution is 2.26. The fourth-order valence-corrected chi connectivity index (χ4v) is 2.75. The molecule has 4 heteroatoms. The number of amides is 1. The Balaban J connectivity index is 1.54. The fraction of sp³-hybridized carbons (Fsp3) is 0.350. The number of carbonyl (C=O) groups excluding carboxylic acids is 1. The van der Waals surface area contributed by atoms with E-state index in [1.54, 1.807) is 0 Å². The van der Waals surface area contributed by atoms with Crippen LogP contribution < -0.4 is 5.32 Å². The monoisotopic (exact) mass is 325 g/mol. The van der Waals surface area contributed by atoms with Crippen LogP contribution in [-0.4, -0.2) is 24.7 Å². The largest absolute Gasteiger partial charge is 0.348 e. The van der Waals surface area contributed by atoms with Crippen molar-refractivity contribution in [2.75, 3.05) is 6.61 Å². The van der Waals surface area contributed by atoms with E-state index in [4.69, 9.17) is 9.47 Å². The van der Waals surface area contributed by atoms with Crippen molar-refractivity contribution in [1.82, 2.24) is 5.32 Å². The molecule has 3 atom stereocenters. The summed E-state index contributed by atoms with van der Waals surface area (Å²) in [5, 5.41) is 3.01. The topological polar surface area (TPSA) is 47.6 Å². The average Bonchev–Trinajstić information content (AvgIpc) is 2.58. The van der Waals surface area contributed by atoms with Crippen molar-refractivity contribution in [2.24, 2.45) is 0 Å². The summed E-state index contributed by atoms with van der Waals surface area (Å²) in [6, 6.07) is 17.7. The van der Waals surface area contributed by atoms with Crippen molar-refractivity contribution < 1.29 is 14.3 Å². The first-order valence-corrected chi connectivity index (χ1v) is 8.29. The molecule has 2 aromatic carbocycles. The van der Waals surface area contributed by atoms with Crippen LogP contribution in [0.2, 0.25) is 0 Å². The first kappa shape index (κ1) is 16.7. The second kappa shape index (κ2) is 7.60. The molecule has 0 bridgehead atoms. The third-order valence-corrected chi connectivity index (χ3v) is 4.24. The van der Waals surface area contributed by atoms with Crippen LogP contribution in [0.25, 0.3) is 0 Å². The molecule has 1 N–H and O–H groups in total. The van der Waals surface area contributed by atoms with E-state index >= 15 is 0 Å². The van der Waals surface area contributed by atoms with Crippen molar-refractivity contribution in [3.63, 3.8) is 0 Å². The van der Waals surface area contributed by atoms with Crippen molar-refractivity contribution in [3.8, 4) is 0 Å². The Labute approximate surface area is 142 Å². The Morgan fingerprint density at radius 3 is 2.50 bits per heavy atom.